The molecule has 1 aliphatic carbocycles. The minimum atomic E-state index is -0.460. The molecule has 0 saturated heterocycles. The average molecular weight is 394 g/mol. The molecule has 24 heavy (non-hydrogen) atoms. The van der Waals surface area contributed by atoms with Crippen molar-refractivity contribution in [2.24, 2.45) is 13.0 Å². The number of carbonyl (C=O) groups excluding carboxylic acids is 1. The van der Waals surface area contributed by atoms with Crippen molar-refractivity contribution < 1.29 is 9.53 Å². The normalized spacial score (nSPS) is 17.6. The van der Waals surface area contributed by atoms with Gasteiger partial charge >= 0.3 is 6.09 Å². The lowest BCUT2D eigenvalue weighted by molar-refractivity contribution is 0.0518. The number of fused-ring (bicyclic) bond motifs is 3. The topological polar surface area (TPSA) is 56.2 Å². The molecular formula is C18H24BrN3O2. The van der Waals surface area contributed by atoms with Crippen molar-refractivity contribution in [3.8, 4) is 0 Å². The van der Waals surface area contributed by atoms with Crippen molar-refractivity contribution >= 4 is 33.1 Å². The van der Waals surface area contributed by atoms with Gasteiger partial charge in [0, 0.05) is 24.7 Å². The summed E-state index contributed by atoms with van der Waals surface area (Å²) < 4.78 is 8.38. The quantitative estimate of drug-likeness (QED) is 0.785. The Morgan fingerprint density at radius 3 is 2.92 bits per heavy atom. The molecule has 1 amide bonds. The highest BCUT2D eigenvalue weighted by Crippen LogP contribution is 2.33. The van der Waals surface area contributed by atoms with E-state index in [1.165, 1.54) is 16.6 Å². The number of aromatic nitrogens is 2. The van der Waals surface area contributed by atoms with E-state index < -0.39 is 5.60 Å². The Morgan fingerprint density at radius 1 is 1.46 bits per heavy atom. The molecule has 130 valence electrons. The van der Waals surface area contributed by atoms with E-state index in [4.69, 9.17) is 4.74 Å². The molecule has 0 saturated carbocycles. The van der Waals surface area contributed by atoms with E-state index in [9.17, 15) is 4.79 Å². The van der Waals surface area contributed by atoms with E-state index in [0.717, 1.165) is 29.5 Å². The Morgan fingerprint density at radius 2 is 2.21 bits per heavy atom. The van der Waals surface area contributed by atoms with E-state index in [2.05, 4.69) is 43.9 Å². The van der Waals surface area contributed by atoms with Gasteiger partial charge in [-0.25, -0.2) is 9.78 Å². The van der Waals surface area contributed by atoms with Crippen LogP contribution in [-0.2, 0) is 24.6 Å². The number of nitrogens with one attached hydrogen (secondary N) is 1. The van der Waals surface area contributed by atoms with Gasteiger partial charge in [-0.3, -0.25) is 0 Å². The number of aryl methyl sites for hydroxylation is 1. The maximum Gasteiger partial charge on any atom is 0.407 e. The first kappa shape index (κ1) is 17.3. The smallest absolute Gasteiger partial charge is 0.407 e. The van der Waals surface area contributed by atoms with Gasteiger partial charge in [0.05, 0.1) is 0 Å². The number of carbonyl (C=O) groups is 1. The van der Waals surface area contributed by atoms with Crippen LogP contribution in [0, 0.1) is 5.92 Å². The summed E-state index contributed by atoms with van der Waals surface area (Å²) in [5, 5.41) is 4.13. The monoisotopic (exact) mass is 393 g/mol. The van der Waals surface area contributed by atoms with Crippen LogP contribution in [0.4, 0.5) is 4.79 Å². The zero-order valence-corrected chi connectivity index (χ0v) is 16.2. The Bertz CT molecular complexity index is 777. The second kappa shape index (κ2) is 6.39. The second-order valence-electron chi connectivity index (χ2n) is 7.48. The molecule has 5 nitrogen and oxygen atoms in total. The van der Waals surface area contributed by atoms with Gasteiger partial charge in [0.25, 0.3) is 0 Å². The van der Waals surface area contributed by atoms with Crippen LogP contribution in [0.25, 0.3) is 11.0 Å². The van der Waals surface area contributed by atoms with Gasteiger partial charge in [0.1, 0.15) is 15.9 Å². The third-order valence-corrected chi connectivity index (χ3v) is 4.89. The summed E-state index contributed by atoms with van der Waals surface area (Å²) in [6, 6.07) is 4.13. The second-order valence-corrected chi connectivity index (χ2v) is 8.29. The fraction of sp³-hybridized carbons (Fsp3) is 0.556. The van der Waals surface area contributed by atoms with Crippen molar-refractivity contribution in [3.63, 3.8) is 0 Å². The Hall–Kier alpha value is -1.56. The minimum Gasteiger partial charge on any atom is -0.444 e. The van der Waals surface area contributed by atoms with E-state index in [-0.39, 0.29) is 6.09 Å². The lowest BCUT2D eigenvalue weighted by Gasteiger charge is -2.25. The maximum atomic E-state index is 11.8. The first-order chi connectivity index (χ1) is 11.2. The molecule has 1 aliphatic rings. The molecule has 6 heteroatoms. The Balaban J connectivity index is 1.72. The highest BCUT2D eigenvalue weighted by atomic mass is 79.9. The van der Waals surface area contributed by atoms with Crippen LogP contribution in [0.15, 0.2) is 16.7 Å². The van der Waals surface area contributed by atoms with Crippen LogP contribution in [0.2, 0.25) is 0 Å². The molecule has 0 spiro atoms. The van der Waals surface area contributed by atoms with Crippen molar-refractivity contribution in [1.29, 1.82) is 0 Å². The number of amides is 1. The molecule has 0 aliphatic heterocycles. The van der Waals surface area contributed by atoms with Crippen LogP contribution in [0.3, 0.4) is 0 Å². The van der Waals surface area contributed by atoms with Gasteiger partial charge in [-0.05, 0) is 79.6 Å². The molecule has 3 rings (SSSR count). The summed E-state index contributed by atoms with van der Waals surface area (Å²) in [5.74, 6) is 0.430. The molecular weight excluding hydrogens is 370 g/mol. The summed E-state index contributed by atoms with van der Waals surface area (Å²) in [6.45, 7) is 6.27. The van der Waals surface area contributed by atoms with Crippen LogP contribution in [-0.4, -0.2) is 27.8 Å². The number of rotatable bonds is 2. The highest BCUT2D eigenvalue weighted by molar-refractivity contribution is 9.10. The van der Waals surface area contributed by atoms with E-state index in [0.29, 0.717) is 12.5 Å². The third-order valence-electron chi connectivity index (χ3n) is 4.45. The lowest BCUT2D eigenvalue weighted by atomic mass is 9.86. The predicted octanol–water partition coefficient (Wildman–Crippen LogP) is 3.97. The van der Waals surface area contributed by atoms with Gasteiger partial charge in [-0.1, -0.05) is 0 Å². The zero-order valence-electron chi connectivity index (χ0n) is 14.6. The fourth-order valence-electron chi connectivity index (χ4n) is 3.40. The van der Waals surface area contributed by atoms with Crippen LogP contribution >= 0.6 is 15.9 Å². The SMILES string of the molecule is Cn1c2c(c3ccc(Br)nc31)CC(CNC(=O)OC(C)(C)C)CC2. The summed E-state index contributed by atoms with van der Waals surface area (Å²) in [6.07, 6.45) is 2.71. The molecule has 2 heterocycles. The summed E-state index contributed by atoms with van der Waals surface area (Å²) in [5.41, 5.74) is 3.30. The standard InChI is InChI=1S/C18H24BrN3O2/c1-18(2,3)24-17(23)20-10-11-5-7-14-13(9-11)12-6-8-15(19)21-16(12)22(14)4/h6,8,11H,5,7,9-10H2,1-4H3,(H,20,23). The van der Waals surface area contributed by atoms with Crippen molar-refractivity contribution in [1.82, 2.24) is 14.9 Å². The molecule has 1 N–H and O–H groups in total. The van der Waals surface area contributed by atoms with E-state index >= 15 is 0 Å². The minimum absolute atomic E-state index is 0.336. The number of nitrogens with zero attached hydrogens (tertiary/aromatic N) is 2. The maximum absolute atomic E-state index is 11.8. The van der Waals surface area contributed by atoms with Crippen LogP contribution in [0.5, 0.6) is 0 Å². The molecule has 0 bridgehead atoms. The van der Waals surface area contributed by atoms with Crippen molar-refractivity contribution in [2.45, 2.75) is 45.6 Å². The molecule has 2 aromatic rings. The predicted molar refractivity (Wildman–Crippen MR) is 98.2 cm³/mol. The summed E-state index contributed by atoms with van der Waals surface area (Å²) >= 11 is 3.45. The molecule has 0 radical (unpaired) electrons. The van der Waals surface area contributed by atoms with Gasteiger partial charge < -0.3 is 14.6 Å². The summed E-state index contributed by atoms with van der Waals surface area (Å²) in [7, 11) is 2.08. The first-order valence-electron chi connectivity index (χ1n) is 8.34. The van der Waals surface area contributed by atoms with Crippen LogP contribution in [0.1, 0.15) is 38.4 Å². The molecule has 0 aromatic carbocycles. The average Bonchev–Trinajstić information content (AvgIpc) is 2.76. The largest absolute Gasteiger partial charge is 0.444 e. The lowest BCUT2D eigenvalue weighted by Crippen LogP contribution is -2.36. The van der Waals surface area contributed by atoms with E-state index in [1.807, 2.05) is 26.8 Å². The number of hydrogen-bond acceptors (Lipinski definition) is 3. The fourth-order valence-corrected chi connectivity index (χ4v) is 3.70. The Labute approximate surface area is 150 Å². The number of ether oxygens (including phenoxy) is 1. The summed E-state index contributed by atoms with van der Waals surface area (Å²) in [4.78, 5) is 16.5. The van der Waals surface area contributed by atoms with E-state index in [1.54, 1.807) is 0 Å². The number of pyridine rings is 1. The highest BCUT2D eigenvalue weighted by Gasteiger charge is 2.26. The van der Waals surface area contributed by atoms with Gasteiger partial charge in [-0.2, -0.15) is 0 Å². The molecule has 2 aromatic heterocycles. The molecule has 1 unspecified atom stereocenters. The zero-order chi connectivity index (χ0) is 17.5. The number of halogens is 1. The Kier molecular flexibility index (Phi) is 4.60. The van der Waals surface area contributed by atoms with Gasteiger partial charge in [0.2, 0.25) is 0 Å². The first-order valence-corrected chi connectivity index (χ1v) is 9.13. The van der Waals surface area contributed by atoms with Gasteiger partial charge in [-0.15, -0.1) is 0 Å². The molecule has 0 fully saturated rings. The van der Waals surface area contributed by atoms with Crippen molar-refractivity contribution in [2.75, 3.05) is 6.54 Å². The van der Waals surface area contributed by atoms with Crippen LogP contribution < -0.4 is 5.32 Å². The number of alkyl carbamates (subject to hydrolysis) is 1. The van der Waals surface area contributed by atoms with Crippen molar-refractivity contribution in [3.05, 3.63) is 28.0 Å². The third kappa shape index (κ3) is 3.58. The number of hydrogen-bond donors (Lipinski definition) is 1. The molecule has 1 atom stereocenters. The van der Waals surface area contributed by atoms with Gasteiger partial charge in [0.15, 0.2) is 0 Å².